The maximum Gasteiger partial charge on any atom is 0.244 e. The average Bonchev–Trinajstić information content (AvgIpc) is 2.47. The fraction of sp³-hybridized carbons (Fsp3) is 0.867. The number of nitrogens with zero attached hydrogens (tertiary/aromatic N) is 1. The summed E-state index contributed by atoms with van der Waals surface area (Å²) < 4.78 is 0. The van der Waals surface area contributed by atoms with Crippen molar-refractivity contribution < 1.29 is 9.59 Å². The van der Waals surface area contributed by atoms with Gasteiger partial charge in [0.2, 0.25) is 11.8 Å². The van der Waals surface area contributed by atoms with Crippen molar-refractivity contribution in [1.82, 2.24) is 15.5 Å². The molecule has 0 aliphatic carbocycles. The van der Waals surface area contributed by atoms with Crippen molar-refractivity contribution in [2.75, 3.05) is 26.2 Å². The van der Waals surface area contributed by atoms with Crippen molar-refractivity contribution in [3.05, 3.63) is 0 Å². The summed E-state index contributed by atoms with van der Waals surface area (Å²) in [7, 11) is 0. The zero-order valence-electron chi connectivity index (χ0n) is 13.1. The van der Waals surface area contributed by atoms with E-state index in [1.54, 1.807) is 11.8 Å². The van der Waals surface area contributed by atoms with Gasteiger partial charge in [0.1, 0.15) is 6.04 Å². The van der Waals surface area contributed by atoms with Gasteiger partial charge < -0.3 is 15.5 Å². The third-order valence-electron chi connectivity index (χ3n) is 4.00. The molecule has 5 heteroatoms. The third kappa shape index (κ3) is 5.49. The Labute approximate surface area is 122 Å². The number of carbonyl (C=O) groups is 2. The van der Waals surface area contributed by atoms with Crippen LogP contribution >= 0.6 is 0 Å². The molecule has 20 heavy (non-hydrogen) atoms. The van der Waals surface area contributed by atoms with Gasteiger partial charge in [0.05, 0.1) is 0 Å². The number of hydrogen-bond acceptors (Lipinski definition) is 3. The van der Waals surface area contributed by atoms with Crippen molar-refractivity contribution in [3.8, 4) is 0 Å². The van der Waals surface area contributed by atoms with Crippen molar-refractivity contribution >= 4 is 11.8 Å². The molecule has 2 N–H and O–H groups in total. The molecule has 0 aromatic rings. The largest absolute Gasteiger partial charge is 0.345 e. The average molecular weight is 283 g/mol. The molecule has 1 aliphatic rings. The van der Waals surface area contributed by atoms with Crippen LogP contribution in [0.2, 0.25) is 0 Å². The van der Waals surface area contributed by atoms with E-state index in [0.29, 0.717) is 25.4 Å². The predicted octanol–water partition coefficient (Wildman–Crippen LogP) is 1.14. The van der Waals surface area contributed by atoms with Crippen LogP contribution in [0.25, 0.3) is 0 Å². The second-order valence-corrected chi connectivity index (χ2v) is 5.55. The Morgan fingerprint density at radius 3 is 2.60 bits per heavy atom. The van der Waals surface area contributed by atoms with Crippen molar-refractivity contribution in [3.63, 3.8) is 0 Å². The molecular formula is C15H29N3O2. The number of amides is 2. The smallest absolute Gasteiger partial charge is 0.244 e. The Hall–Kier alpha value is -1.10. The molecule has 0 spiro atoms. The molecule has 1 saturated heterocycles. The monoisotopic (exact) mass is 283 g/mol. The zero-order chi connectivity index (χ0) is 15.0. The summed E-state index contributed by atoms with van der Waals surface area (Å²) in [5.41, 5.74) is 0. The summed E-state index contributed by atoms with van der Waals surface area (Å²) in [6.45, 7) is 9.14. The standard InChI is InChI=1S/C15H29N3O2/c1-4-18(5-2)15(20)12(3)17-14(19)9-8-13-7-6-10-16-11-13/h12-13,16H,4-11H2,1-3H3,(H,17,19). The van der Waals surface area contributed by atoms with E-state index in [0.717, 1.165) is 19.5 Å². The van der Waals surface area contributed by atoms with Crippen LogP contribution in [0.3, 0.4) is 0 Å². The van der Waals surface area contributed by atoms with E-state index in [9.17, 15) is 9.59 Å². The number of likely N-dealkylation sites (N-methyl/N-ethyl adjacent to an activating group) is 1. The van der Waals surface area contributed by atoms with Gasteiger partial charge in [-0.2, -0.15) is 0 Å². The maximum atomic E-state index is 12.0. The van der Waals surface area contributed by atoms with E-state index in [1.165, 1.54) is 12.8 Å². The van der Waals surface area contributed by atoms with Gasteiger partial charge in [-0.25, -0.2) is 0 Å². The minimum Gasteiger partial charge on any atom is -0.345 e. The van der Waals surface area contributed by atoms with Crippen LogP contribution in [0.1, 0.15) is 46.5 Å². The van der Waals surface area contributed by atoms with Gasteiger partial charge in [-0.05, 0) is 59.0 Å². The zero-order valence-corrected chi connectivity index (χ0v) is 13.1. The summed E-state index contributed by atoms with van der Waals surface area (Å²) in [5, 5.41) is 6.17. The number of rotatable bonds is 7. The van der Waals surface area contributed by atoms with Crippen LogP contribution in [0.4, 0.5) is 0 Å². The predicted molar refractivity (Wildman–Crippen MR) is 80.4 cm³/mol. The van der Waals surface area contributed by atoms with Gasteiger partial charge in [-0.3, -0.25) is 9.59 Å². The Morgan fingerprint density at radius 2 is 2.05 bits per heavy atom. The topological polar surface area (TPSA) is 61.4 Å². The molecule has 0 saturated carbocycles. The quantitative estimate of drug-likeness (QED) is 0.736. The highest BCUT2D eigenvalue weighted by Gasteiger charge is 2.20. The van der Waals surface area contributed by atoms with E-state index < -0.39 is 6.04 Å². The summed E-state index contributed by atoms with van der Waals surface area (Å²) in [4.78, 5) is 25.7. The van der Waals surface area contributed by atoms with Gasteiger partial charge in [0.15, 0.2) is 0 Å². The van der Waals surface area contributed by atoms with Gasteiger partial charge >= 0.3 is 0 Å². The van der Waals surface area contributed by atoms with Gasteiger partial charge in [-0.15, -0.1) is 0 Å². The fourth-order valence-electron chi connectivity index (χ4n) is 2.69. The van der Waals surface area contributed by atoms with Crippen molar-refractivity contribution in [2.45, 2.75) is 52.5 Å². The number of piperidine rings is 1. The van der Waals surface area contributed by atoms with E-state index >= 15 is 0 Å². The molecule has 1 fully saturated rings. The molecule has 2 unspecified atom stereocenters. The molecule has 0 radical (unpaired) electrons. The Kier molecular flexibility index (Phi) is 7.59. The maximum absolute atomic E-state index is 12.0. The van der Waals surface area contributed by atoms with Gasteiger partial charge in [-0.1, -0.05) is 0 Å². The molecule has 0 aromatic carbocycles. The summed E-state index contributed by atoms with van der Waals surface area (Å²) in [5.74, 6) is 0.592. The summed E-state index contributed by atoms with van der Waals surface area (Å²) in [6.07, 6.45) is 3.82. The lowest BCUT2D eigenvalue weighted by Gasteiger charge is -2.24. The van der Waals surface area contributed by atoms with E-state index in [1.807, 2.05) is 13.8 Å². The summed E-state index contributed by atoms with van der Waals surface area (Å²) in [6, 6.07) is -0.424. The molecule has 0 bridgehead atoms. The highest BCUT2D eigenvalue weighted by Crippen LogP contribution is 2.15. The molecular weight excluding hydrogens is 254 g/mol. The van der Waals surface area contributed by atoms with Crippen LogP contribution in [0.5, 0.6) is 0 Å². The van der Waals surface area contributed by atoms with Gasteiger partial charge in [0.25, 0.3) is 0 Å². The van der Waals surface area contributed by atoms with Gasteiger partial charge in [0, 0.05) is 19.5 Å². The van der Waals surface area contributed by atoms with Crippen LogP contribution in [-0.4, -0.2) is 48.9 Å². The Morgan fingerprint density at radius 1 is 1.35 bits per heavy atom. The molecule has 2 amide bonds. The number of hydrogen-bond donors (Lipinski definition) is 2. The SMILES string of the molecule is CCN(CC)C(=O)C(C)NC(=O)CCC1CCCNC1. The van der Waals surface area contributed by atoms with Crippen LogP contribution in [0.15, 0.2) is 0 Å². The minimum atomic E-state index is -0.424. The highest BCUT2D eigenvalue weighted by molar-refractivity contribution is 5.87. The molecule has 0 aromatic heterocycles. The van der Waals surface area contributed by atoms with Crippen LogP contribution in [-0.2, 0) is 9.59 Å². The second kappa shape index (κ2) is 8.95. The first-order valence-electron chi connectivity index (χ1n) is 7.87. The van der Waals surface area contributed by atoms with Crippen LogP contribution < -0.4 is 10.6 Å². The first-order chi connectivity index (χ1) is 9.58. The highest BCUT2D eigenvalue weighted by atomic mass is 16.2. The van der Waals surface area contributed by atoms with E-state index in [4.69, 9.17) is 0 Å². The molecule has 1 aliphatic heterocycles. The Balaban J connectivity index is 2.28. The number of nitrogens with one attached hydrogen (secondary N) is 2. The first kappa shape index (κ1) is 17.0. The second-order valence-electron chi connectivity index (χ2n) is 5.55. The van der Waals surface area contributed by atoms with Crippen molar-refractivity contribution in [1.29, 1.82) is 0 Å². The lowest BCUT2D eigenvalue weighted by atomic mass is 9.94. The fourth-order valence-corrected chi connectivity index (χ4v) is 2.69. The van der Waals surface area contributed by atoms with E-state index in [-0.39, 0.29) is 11.8 Å². The normalized spacial score (nSPS) is 20.2. The van der Waals surface area contributed by atoms with Crippen LogP contribution in [0, 0.1) is 5.92 Å². The third-order valence-corrected chi connectivity index (χ3v) is 4.00. The minimum absolute atomic E-state index is 0.00248. The van der Waals surface area contributed by atoms with Crippen molar-refractivity contribution in [2.24, 2.45) is 5.92 Å². The first-order valence-corrected chi connectivity index (χ1v) is 7.87. The molecule has 116 valence electrons. The Bertz CT molecular complexity index is 310. The molecule has 2 atom stereocenters. The lowest BCUT2D eigenvalue weighted by Crippen LogP contribution is -2.46. The number of carbonyl (C=O) groups excluding carboxylic acids is 2. The lowest BCUT2D eigenvalue weighted by molar-refractivity contribution is -0.135. The molecule has 1 heterocycles. The summed E-state index contributed by atoms with van der Waals surface area (Å²) >= 11 is 0. The molecule has 5 nitrogen and oxygen atoms in total. The molecule has 1 rings (SSSR count). The van der Waals surface area contributed by atoms with E-state index in [2.05, 4.69) is 10.6 Å².